The molecule has 0 aliphatic heterocycles. The normalized spacial score (nSPS) is 10.9. The van der Waals surface area contributed by atoms with Crippen molar-refractivity contribution in [3.8, 4) is 22.8 Å². The van der Waals surface area contributed by atoms with E-state index in [0.29, 0.717) is 11.4 Å². The molecule has 0 amide bonds. The summed E-state index contributed by atoms with van der Waals surface area (Å²) in [5, 5.41) is 7.79. The van der Waals surface area contributed by atoms with E-state index in [0.717, 1.165) is 11.4 Å². The third-order valence-electron chi connectivity index (χ3n) is 6.55. The molecule has 0 N–H and O–H groups in total. The molecule has 4 aromatic heterocycles. The Morgan fingerprint density at radius 2 is 0.978 bits per heavy atom. The van der Waals surface area contributed by atoms with Gasteiger partial charge in [0, 0.05) is 68.9 Å². The minimum atomic E-state index is -0.318. The van der Waals surface area contributed by atoms with Crippen molar-refractivity contribution in [2.75, 3.05) is 0 Å². The summed E-state index contributed by atoms with van der Waals surface area (Å²) in [4.78, 5) is 8.97. The van der Waals surface area contributed by atoms with Gasteiger partial charge in [-0.2, -0.15) is 46.6 Å². The van der Waals surface area contributed by atoms with E-state index in [9.17, 15) is 8.78 Å². The molecular formula is C36H36F2IrN6-2. The van der Waals surface area contributed by atoms with E-state index in [1.165, 1.54) is 32.6 Å². The van der Waals surface area contributed by atoms with Crippen molar-refractivity contribution in [2.45, 2.75) is 52.4 Å². The zero-order chi connectivity index (χ0) is 31.7. The van der Waals surface area contributed by atoms with Gasteiger partial charge in [0.15, 0.2) is 0 Å². The zero-order valence-corrected chi connectivity index (χ0v) is 28.6. The summed E-state index contributed by atoms with van der Waals surface area (Å²) in [6.07, 6.45) is 10.3. The number of rotatable bonds is 3. The summed E-state index contributed by atoms with van der Waals surface area (Å²) in [6.45, 7) is 13.3. The van der Waals surface area contributed by atoms with Crippen molar-refractivity contribution >= 4 is 0 Å². The maximum absolute atomic E-state index is 13.1. The van der Waals surface area contributed by atoms with Crippen LogP contribution in [0.5, 0.6) is 0 Å². The molecule has 4 heterocycles. The molecule has 2 aromatic carbocycles. The van der Waals surface area contributed by atoms with Gasteiger partial charge in [0.2, 0.25) is 0 Å². The van der Waals surface area contributed by atoms with Crippen LogP contribution in [0.3, 0.4) is 0 Å². The first-order chi connectivity index (χ1) is 20.9. The average molecular weight is 783 g/mol. The molecule has 6 nitrogen and oxygen atoms in total. The van der Waals surface area contributed by atoms with Gasteiger partial charge >= 0.3 is 0 Å². The Labute approximate surface area is 277 Å². The molecule has 0 saturated carbocycles. The van der Waals surface area contributed by atoms with E-state index in [1.54, 1.807) is 61.2 Å². The number of benzene rings is 2. The minimum Gasteiger partial charge on any atom is -0.282 e. The molecule has 6 rings (SSSR count). The van der Waals surface area contributed by atoms with Crippen LogP contribution in [-0.4, -0.2) is 29.5 Å². The molecule has 45 heavy (non-hydrogen) atoms. The van der Waals surface area contributed by atoms with E-state index in [4.69, 9.17) is 0 Å². The summed E-state index contributed by atoms with van der Waals surface area (Å²) >= 11 is 0. The van der Waals surface area contributed by atoms with Gasteiger partial charge in [0.05, 0.1) is 11.4 Å². The third-order valence-corrected chi connectivity index (χ3v) is 6.55. The zero-order valence-electron chi connectivity index (χ0n) is 26.2. The van der Waals surface area contributed by atoms with Gasteiger partial charge in [-0.15, -0.1) is 12.1 Å². The summed E-state index contributed by atoms with van der Waals surface area (Å²) < 4.78 is 29.0. The van der Waals surface area contributed by atoms with Crippen LogP contribution in [0, 0.1) is 23.8 Å². The minimum absolute atomic E-state index is 0. The Morgan fingerprint density at radius 3 is 1.29 bits per heavy atom. The molecular weight excluding hydrogens is 747 g/mol. The van der Waals surface area contributed by atoms with E-state index >= 15 is 0 Å². The number of aromatic nitrogens is 6. The van der Waals surface area contributed by atoms with E-state index in [2.05, 4.69) is 98.1 Å². The molecule has 9 heteroatoms. The van der Waals surface area contributed by atoms with Crippen LogP contribution in [-0.2, 0) is 30.9 Å². The second-order valence-corrected chi connectivity index (χ2v) is 12.0. The van der Waals surface area contributed by atoms with Gasteiger partial charge in [0.1, 0.15) is 0 Å². The van der Waals surface area contributed by atoms with Gasteiger partial charge in [-0.3, -0.25) is 28.1 Å². The van der Waals surface area contributed by atoms with Crippen molar-refractivity contribution in [3.05, 3.63) is 145 Å². The van der Waals surface area contributed by atoms with Crippen molar-refractivity contribution in [1.29, 1.82) is 0 Å². The molecule has 0 unspecified atom stereocenters. The van der Waals surface area contributed by atoms with Gasteiger partial charge in [-0.05, 0) is 69.7 Å². The Morgan fingerprint density at radius 1 is 0.578 bits per heavy atom. The fourth-order valence-corrected chi connectivity index (χ4v) is 4.04. The van der Waals surface area contributed by atoms with E-state index in [1.807, 2.05) is 12.4 Å². The Hall–Kier alpha value is -4.33. The Bertz CT molecular complexity index is 1620. The van der Waals surface area contributed by atoms with Crippen LogP contribution < -0.4 is 0 Å². The number of hydrogen-bond acceptors (Lipinski definition) is 4. The van der Waals surface area contributed by atoms with Gasteiger partial charge in [-0.1, -0.05) is 41.5 Å². The Kier molecular flexibility index (Phi) is 12.2. The van der Waals surface area contributed by atoms with Crippen LogP contribution in [0.4, 0.5) is 8.78 Å². The molecule has 0 saturated heterocycles. The van der Waals surface area contributed by atoms with E-state index in [-0.39, 0.29) is 42.6 Å². The fraction of sp³-hybridized carbons (Fsp3) is 0.222. The standard InChI is InChI=1S/C18H24N2.2C9H6FN2.Ir/c1-17(2,3)13-7-9-19-15(11-13)16-12-14(8-10-20-16)18(4,5)6;2*10-8-4-1-2-5-9(8)12-7-3-6-11-12;/h7-12H,1-6H3;2*1-4,6-7H;/q;2*-1;. The maximum atomic E-state index is 13.1. The molecule has 0 fully saturated rings. The summed E-state index contributed by atoms with van der Waals surface area (Å²) in [6, 6.07) is 26.7. The second kappa shape index (κ2) is 15.6. The van der Waals surface area contributed by atoms with Gasteiger partial charge < -0.3 is 0 Å². The molecule has 0 aliphatic rings. The summed E-state index contributed by atoms with van der Waals surface area (Å²) in [5.74, 6) is -0.637. The molecule has 235 valence electrons. The Balaban J connectivity index is 0.000000191. The molecule has 0 atom stereocenters. The molecule has 1 radical (unpaired) electrons. The molecule has 6 aromatic rings. The van der Waals surface area contributed by atoms with E-state index < -0.39 is 0 Å². The molecule has 0 spiro atoms. The predicted octanol–water partition coefficient (Wildman–Crippen LogP) is 8.36. The molecule has 0 aliphatic carbocycles. The average Bonchev–Trinajstić information content (AvgIpc) is 3.73. The topological polar surface area (TPSA) is 61.4 Å². The number of halogens is 2. The van der Waals surface area contributed by atoms with Crippen molar-refractivity contribution in [2.24, 2.45) is 0 Å². The number of para-hydroxylation sites is 2. The SMILES string of the molecule is CC(C)(C)c1ccnc(-c2cc(C(C)(C)C)ccn2)c1.Fc1ccc[c-]c1-n1cccn1.Fc1ccc[c-]c1-n1cccn1.[Ir]. The first kappa shape index (κ1) is 35.2. The number of nitrogens with zero attached hydrogens (tertiary/aromatic N) is 6. The van der Waals surface area contributed by atoms with Crippen LogP contribution >= 0.6 is 0 Å². The first-order valence-electron chi connectivity index (χ1n) is 14.2. The van der Waals surface area contributed by atoms with Crippen molar-refractivity contribution in [1.82, 2.24) is 29.5 Å². The summed E-state index contributed by atoms with van der Waals surface area (Å²) in [7, 11) is 0. The monoisotopic (exact) mass is 783 g/mol. The smallest absolute Gasteiger partial charge is 0.0889 e. The second-order valence-electron chi connectivity index (χ2n) is 12.0. The van der Waals surface area contributed by atoms with Crippen LogP contribution in [0.15, 0.2) is 110 Å². The number of hydrogen-bond donors (Lipinski definition) is 0. The van der Waals surface area contributed by atoms with Crippen molar-refractivity contribution < 1.29 is 28.9 Å². The maximum Gasteiger partial charge on any atom is 0.0889 e. The predicted molar refractivity (Wildman–Crippen MR) is 170 cm³/mol. The number of pyridine rings is 2. The van der Waals surface area contributed by atoms with Crippen molar-refractivity contribution in [3.63, 3.8) is 0 Å². The first-order valence-corrected chi connectivity index (χ1v) is 14.2. The van der Waals surface area contributed by atoms with Crippen LogP contribution in [0.2, 0.25) is 0 Å². The molecule has 0 bridgehead atoms. The van der Waals surface area contributed by atoms with Gasteiger partial charge in [-0.25, -0.2) is 0 Å². The summed E-state index contributed by atoms with van der Waals surface area (Å²) in [5.41, 5.74) is 5.41. The van der Waals surface area contributed by atoms with Gasteiger partial charge in [0.25, 0.3) is 0 Å². The van der Waals surface area contributed by atoms with Crippen LogP contribution in [0.1, 0.15) is 52.7 Å². The third kappa shape index (κ3) is 9.83. The van der Waals surface area contributed by atoms with Crippen LogP contribution in [0.25, 0.3) is 22.8 Å². The quantitative estimate of drug-likeness (QED) is 0.170. The largest absolute Gasteiger partial charge is 0.282 e. The fourth-order valence-electron chi connectivity index (χ4n) is 4.04.